The first-order chi connectivity index (χ1) is 7.58. The van der Waals surface area contributed by atoms with Gasteiger partial charge in [0.2, 0.25) is 0 Å². The highest BCUT2D eigenvalue weighted by molar-refractivity contribution is 9.10. The first-order valence-corrected chi connectivity index (χ1v) is 5.64. The molecule has 4 heteroatoms. The van der Waals surface area contributed by atoms with Crippen molar-refractivity contribution in [1.82, 2.24) is 0 Å². The van der Waals surface area contributed by atoms with Gasteiger partial charge >= 0.3 is 0 Å². The Morgan fingerprint density at radius 3 is 2.62 bits per heavy atom. The molecule has 2 nitrogen and oxygen atoms in total. The maximum Gasteiger partial charge on any atom is 0.129 e. The number of benzene rings is 1. The number of furan rings is 1. The molecule has 0 aliphatic rings. The molecule has 0 bridgehead atoms. The maximum absolute atomic E-state index is 13.6. The van der Waals surface area contributed by atoms with Crippen LogP contribution in [0.5, 0.6) is 0 Å². The van der Waals surface area contributed by atoms with Crippen molar-refractivity contribution in [3.8, 4) is 0 Å². The monoisotopic (exact) mass is 283 g/mol. The van der Waals surface area contributed by atoms with Gasteiger partial charge in [0.15, 0.2) is 0 Å². The van der Waals surface area contributed by atoms with E-state index in [0.29, 0.717) is 15.8 Å². The van der Waals surface area contributed by atoms with Gasteiger partial charge in [0.1, 0.15) is 17.3 Å². The molecule has 0 amide bonds. The van der Waals surface area contributed by atoms with Crippen molar-refractivity contribution in [2.24, 2.45) is 5.73 Å². The van der Waals surface area contributed by atoms with Crippen LogP contribution in [0.2, 0.25) is 0 Å². The highest BCUT2D eigenvalue weighted by atomic mass is 79.9. The molecule has 0 aliphatic heterocycles. The highest BCUT2D eigenvalue weighted by Gasteiger charge is 2.16. The third-order valence-electron chi connectivity index (χ3n) is 2.37. The molecule has 1 aromatic heterocycles. The average molecular weight is 284 g/mol. The van der Waals surface area contributed by atoms with Crippen molar-refractivity contribution in [1.29, 1.82) is 0 Å². The van der Waals surface area contributed by atoms with Gasteiger partial charge < -0.3 is 10.2 Å². The lowest BCUT2D eigenvalue weighted by Gasteiger charge is -2.10. The number of halogens is 2. The molecule has 1 heterocycles. The highest BCUT2D eigenvalue weighted by Crippen LogP contribution is 2.25. The van der Waals surface area contributed by atoms with Crippen LogP contribution in [0, 0.1) is 12.7 Å². The normalized spacial score (nSPS) is 12.8. The van der Waals surface area contributed by atoms with Gasteiger partial charge in [-0.1, -0.05) is 22.0 Å². The van der Waals surface area contributed by atoms with Crippen molar-refractivity contribution < 1.29 is 8.81 Å². The lowest BCUT2D eigenvalue weighted by molar-refractivity contribution is 0.459. The molecule has 2 N–H and O–H groups in total. The summed E-state index contributed by atoms with van der Waals surface area (Å²) < 4.78 is 19.7. The Morgan fingerprint density at radius 2 is 2.06 bits per heavy atom. The predicted molar refractivity (Wildman–Crippen MR) is 63.6 cm³/mol. The first kappa shape index (κ1) is 11.4. The molecule has 16 heavy (non-hydrogen) atoms. The summed E-state index contributed by atoms with van der Waals surface area (Å²) in [7, 11) is 0. The summed E-state index contributed by atoms with van der Waals surface area (Å²) >= 11 is 3.20. The fourth-order valence-electron chi connectivity index (χ4n) is 1.53. The number of aryl methyl sites for hydroxylation is 1. The van der Waals surface area contributed by atoms with Crippen LogP contribution in [0.25, 0.3) is 0 Å². The topological polar surface area (TPSA) is 39.2 Å². The van der Waals surface area contributed by atoms with Crippen LogP contribution in [0.15, 0.2) is 39.2 Å². The Kier molecular flexibility index (Phi) is 3.12. The SMILES string of the molecule is Cc1ccc(C(N)c2ccc(Br)cc2F)o1. The van der Waals surface area contributed by atoms with Crippen LogP contribution in [-0.2, 0) is 0 Å². The lowest BCUT2D eigenvalue weighted by atomic mass is 10.1. The van der Waals surface area contributed by atoms with Crippen LogP contribution in [0.3, 0.4) is 0 Å². The van der Waals surface area contributed by atoms with Gasteiger partial charge in [-0.05, 0) is 31.2 Å². The molecular weight excluding hydrogens is 273 g/mol. The number of nitrogens with two attached hydrogens (primary N) is 1. The quantitative estimate of drug-likeness (QED) is 0.916. The maximum atomic E-state index is 13.6. The minimum atomic E-state index is -0.568. The Bertz CT molecular complexity index is 509. The van der Waals surface area contributed by atoms with Crippen molar-refractivity contribution in [3.05, 3.63) is 57.7 Å². The molecule has 1 unspecified atom stereocenters. The third-order valence-corrected chi connectivity index (χ3v) is 2.86. The van der Waals surface area contributed by atoms with Crippen LogP contribution < -0.4 is 5.73 Å². The molecule has 84 valence electrons. The van der Waals surface area contributed by atoms with E-state index in [1.165, 1.54) is 6.07 Å². The zero-order valence-corrected chi connectivity index (χ0v) is 10.3. The predicted octanol–water partition coefficient (Wildman–Crippen LogP) is 3.54. The second kappa shape index (κ2) is 4.39. The van der Waals surface area contributed by atoms with Crippen LogP contribution >= 0.6 is 15.9 Å². The molecule has 0 spiro atoms. The smallest absolute Gasteiger partial charge is 0.129 e. The third kappa shape index (κ3) is 2.18. The zero-order chi connectivity index (χ0) is 11.7. The molecule has 0 aliphatic carbocycles. The molecular formula is C12H11BrFNO. The molecule has 0 fully saturated rings. The fourth-order valence-corrected chi connectivity index (χ4v) is 1.86. The second-order valence-corrected chi connectivity index (χ2v) is 4.51. The van der Waals surface area contributed by atoms with E-state index < -0.39 is 6.04 Å². The Hall–Kier alpha value is -1.13. The van der Waals surface area contributed by atoms with Crippen LogP contribution in [0.4, 0.5) is 4.39 Å². The number of rotatable bonds is 2. The summed E-state index contributed by atoms with van der Waals surface area (Å²) in [5.74, 6) is 0.998. The van der Waals surface area contributed by atoms with Crippen molar-refractivity contribution >= 4 is 15.9 Å². The van der Waals surface area contributed by atoms with E-state index >= 15 is 0 Å². The molecule has 1 atom stereocenters. The van der Waals surface area contributed by atoms with E-state index in [1.807, 2.05) is 13.0 Å². The summed E-state index contributed by atoms with van der Waals surface area (Å²) in [6.07, 6.45) is 0. The van der Waals surface area contributed by atoms with Crippen molar-refractivity contribution in [2.75, 3.05) is 0 Å². The molecule has 2 aromatic rings. The fraction of sp³-hybridized carbons (Fsp3) is 0.167. The van der Waals surface area contributed by atoms with Gasteiger partial charge in [-0.2, -0.15) is 0 Å². The Labute approximate surface area is 101 Å². The van der Waals surface area contributed by atoms with Crippen LogP contribution in [0.1, 0.15) is 23.1 Å². The van der Waals surface area contributed by atoms with Gasteiger partial charge in [0, 0.05) is 10.0 Å². The minimum Gasteiger partial charge on any atom is -0.464 e. The molecule has 0 saturated heterocycles. The second-order valence-electron chi connectivity index (χ2n) is 3.59. The van der Waals surface area contributed by atoms with Crippen molar-refractivity contribution in [3.63, 3.8) is 0 Å². The van der Waals surface area contributed by atoms with E-state index in [2.05, 4.69) is 15.9 Å². The van der Waals surface area contributed by atoms with E-state index in [9.17, 15) is 4.39 Å². The summed E-state index contributed by atoms with van der Waals surface area (Å²) in [4.78, 5) is 0. The van der Waals surface area contributed by atoms with E-state index in [4.69, 9.17) is 10.2 Å². The summed E-state index contributed by atoms with van der Waals surface area (Å²) in [5, 5.41) is 0. The van der Waals surface area contributed by atoms with E-state index in [0.717, 1.165) is 5.76 Å². The van der Waals surface area contributed by atoms with Gasteiger partial charge in [0.25, 0.3) is 0 Å². The number of hydrogen-bond acceptors (Lipinski definition) is 2. The Morgan fingerprint density at radius 1 is 1.31 bits per heavy atom. The Balaban J connectivity index is 2.37. The molecule has 1 aromatic carbocycles. The number of hydrogen-bond donors (Lipinski definition) is 1. The van der Waals surface area contributed by atoms with E-state index in [1.54, 1.807) is 18.2 Å². The lowest BCUT2D eigenvalue weighted by Crippen LogP contribution is -2.12. The summed E-state index contributed by atoms with van der Waals surface area (Å²) in [6, 6.07) is 7.82. The zero-order valence-electron chi connectivity index (χ0n) is 8.71. The first-order valence-electron chi connectivity index (χ1n) is 4.85. The summed E-state index contributed by atoms with van der Waals surface area (Å²) in [6.45, 7) is 1.83. The van der Waals surface area contributed by atoms with E-state index in [-0.39, 0.29) is 5.82 Å². The van der Waals surface area contributed by atoms with Gasteiger partial charge in [-0.15, -0.1) is 0 Å². The van der Waals surface area contributed by atoms with Gasteiger partial charge in [-0.3, -0.25) is 0 Å². The summed E-state index contributed by atoms with van der Waals surface area (Å²) in [5.41, 5.74) is 6.36. The van der Waals surface area contributed by atoms with Gasteiger partial charge in [-0.25, -0.2) is 4.39 Å². The molecule has 0 radical (unpaired) electrons. The molecule has 0 saturated carbocycles. The molecule has 2 rings (SSSR count). The minimum absolute atomic E-state index is 0.337. The standard InChI is InChI=1S/C12H11BrFNO/c1-7-2-5-11(16-7)12(15)9-4-3-8(13)6-10(9)14/h2-6,12H,15H2,1H3. The van der Waals surface area contributed by atoms with Crippen LogP contribution in [-0.4, -0.2) is 0 Å². The van der Waals surface area contributed by atoms with Crippen molar-refractivity contribution in [2.45, 2.75) is 13.0 Å². The van der Waals surface area contributed by atoms with Gasteiger partial charge in [0.05, 0.1) is 6.04 Å². The largest absolute Gasteiger partial charge is 0.464 e. The average Bonchev–Trinajstić information content (AvgIpc) is 2.64.